The summed E-state index contributed by atoms with van der Waals surface area (Å²) in [7, 11) is 1.56. The summed E-state index contributed by atoms with van der Waals surface area (Å²) in [5, 5.41) is 0. The van der Waals surface area contributed by atoms with Gasteiger partial charge in [0.2, 0.25) is 0 Å². The number of rotatable bonds is 7. The van der Waals surface area contributed by atoms with Gasteiger partial charge < -0.3 is 14.2 Å². The highest BCUT2D eigenvalue weighted by Gasteiger charge is 2.09. The fourth-order valence-corrected chi connectivity index (χ4v) is 2.07. The van der Waals surface area contributed by atoms with Crippen molar-refractivity contribution in [3.63, 3.8) is 0 Å². The van der Waals surface area contributed by atoms with Gasteiger partial charge in [0.15, 0.2) is 0 Å². The van der Waals surface area contributed by atoms with Crippen LogP contribution in [0.2, 0.25) is 0 Å². The molecule has 0 saturated carbocycles. The van der Waals surface area contributed by atoms with Crippen molar-refractivity contribution in [3.8, 4) is 11.5 Å². The normalized spacial score (nSPS) is 10.0. The third-order valence-corrected chi connectivity index (χ3v) is 3.18. The molecule has 5 nitrogen and oxygen atoms in total. The van der Waals surface area contributed by atoms with E-state index in [1.807, 2.05) is 0 Å². The number of methoxy groups -OCH3 is 1. The predicted molar refractivity (Wildman–Crippen MR) is 85.1 cm³/mol. The summed E-state index contributed by atoms with van der Waals surface area (Å²) in [6.45, 7) is 2.29. The molecule has 0 saturated heterocycles. The number of benzene rings is 2. The minimum atomic E-state index is -0.390. The molecule has 2 rings (SSSR count). The van der Waals surface area contributed by atoms with Gasteiger partial charge in [0.1, 0.15) is 24.4 Å². The van der Waals surface area contributed by atoms with Crippen molar-refractivity contribution in [2.45, 2.75) is 13.5 Å². The molecule has 0 aliphatic rings. The van der Waals surface area contributed by atoms with Crippen LogP contribution in [-0.4, -0.2) is 26.0 Å². The minimum Gasteiger partial charge on any atom is -0.496 e. The summed E-state index contributed by atoms with van der Waals surface area (Å²) in [5.41, 5.74) is 1.72. The van der Waals surface area contributed by atoms with Crippen LogP contribution in [0.15, 0.2) is 42.5 Å². The topological polar surface area (TPSA) is 61.8 Å². The number of carbonyl (C=O) groups excluding carboxylic acids is 2. The van der Waals surface area contributed by atoms with Gasteiger partial charge in [-0.15, -0.1) is 0 Å². The first kappa shape index (κ1) is 16.5. The standard InChI is InChI=1S/C18H18O5/c1-3-22-18(20)14-5-4-6-16(10-14)23-12-15-9-13(11-19)7-8-17(15)21-2/h4-11H,3,12H2,1-2H3. The van der Waals surface area contributed by atoms with Crippen LogP contribution in [0.3, 0.4) is 0 Å². The van der Waals surface area contributed by atoms with Crippen LogP contribution < -0.4 is 9.47 Å². The molecule has 0 aromatic heterocycles. The van der Waals surface area contributed by atoms with Crippen LogP contribution in [0.4, 0.5) is 0 Å². The molecule has 5 heteroatoms. The van der Waals surface area contributed by atoms with Gasteiger partial charge in [0.05, 0.1) is 19.3 Å². The van der Waals surface area contributed by atoms with Gasteiger partial charge in [-0.1, -0.05) is 6.07 Å². The third kappa shape index (κ3) is 4.32. The highest BCUT2D eigenvalue weighted by molar-refractivity contribution is 5.89. The molecule has 0 aliphatic heterocycles. The maximum atomic E-state index is 11.7. The molecule has 120 valence electrons. The van der Waals surface area contributed by atoms with Crippen molar-refractivity contribution < 1.29 is 23.8 Å². The van der Waals surface area contributed by atoms with E-state index in [0.717, 1.165) is 11.8 Å². The molecule has 0 unspecified atom stereocenters. The molecule has 0 fully saturated rings. The van der Waals surface area contributed by atoms with E-state index in [1.54, 1.807) is 56.5 Å². The summed E-state index contributed by atoms with van der Waals surface area (Å²) in [6, 6.07) is 11.9. The Morgan fingerprint density at radius 3 is 2.70 bits per heavy atom. The molecule has 0 N–H and O–H groups in total. The molecule has 0 aliphatic carbocycles. The van der Waals surface area contributed by atoms with E-state index >= 15 is 0 Å². The predicted octanol–water partition coefficient (Wildman–Crippen LogP) is 3.26. The average Bonchev–Trinajstić information content (AvgIpc) is 2.60. The first-order valence-electron chi connectivity index (χ1n) is 7.20. The molecule has 0 atom stereocenters. The van der Waals surface area contributed by atoms with Gasteiger partial charge in [0, 0.05) is 11.1 Å². The van der Waals surface area contributed by atoms with E-state index in [-0.39, 0.29) is 6.61 Å². The van der Waals surface area contributed by atoms with Gasteiger partial charge in [0.25, 0.3) is 0 Å². The van der Waals surface area contributed by atoms with Crippen molar-refractivity contribution >= 4 is 12.3 Å². The summed E-state index contributed by atoms with van der Waals surface area (Å²) < 4.78 is 15.9. The van der Waals surface area contributed by atoms with E-state index in [4.69, 9.17) is 14.2 Å². The monoisotopic (exact) mass is 314 g/mol. The Morgan fingerprint density at radius 2 is 2.00 bits per heavy atom. The van der Waals surface area contributed by atoms with E-state index in [1.165, 1.54) is 0 Å². The Bertz CT molecular complexity index is 694. The lowest BCUT2D eigenvalue weighted by Gasteiger charge is -2.11. The molecular weight excluding hydrogens is 296 g/mol. The van der Waals surface area contributed by atoms with Crippen LogP contribution >= 0.6 is 0 Å². The fourth-order valence-electron chi connectivity index (χ4n) is 2.07. The quantitative estimate of drug-likeness (QED) is 0.580. The Balaban J connectivity index is 2.13. The van der Waals surface area contributed by atoms with Crippen LogP contribution in [0.1, 0.15) is 33.2 Å². The lowest BCUT2D eigenvalue weighted by Crippen LogP contribution is -2.05. The molecule has 0 spiro atoms. The average molecular weight is 314 g/mol. The highest BCUT2D eigenvalue weighted by atomic mass is 16.5. The first-order chi connectivity index (χ1) is 11.2. The van der Waals surface area contributed by atoms with Crippen molar-refractivity contribution in [2.75, 3.05) is 13.7 Å². The lowest BCUT2D eigenvalue weighted by atomic mass is 10.1. The summed E-state index contributed by atoms with van der Waals surface area (Å²) in [5.74, 6) is 0.782. The zero-order chi connectivity index (χ0) is 16.7. The van der Waals surface area contributed by atoms with E-state index in [0.29, 0.717) is 29.2 Å². The van der Waals surface area contributed by atoms with Gasteiger partial charge in [-0.25, -0.2) is 4.79 Å². The molecule has 0 radical (unpaired) electrons. The SMILES string of the molecule is CCOC(=O)c1cccc(OCc2cc(C=O)ccc2OC)c1. The number of hydrogen-bond acceptors (Lipinski definition) is 5. The smallest absolute Gasteiger partial charge is 0.338 e. The Hall–Kier alpha value is -2.82. The van der Waals surface area contributed by atoms with Crippen LogP contribution in [0.5, 0.6) is 11.5 Å². The lowest BCUT2D eigenvalue weighted by molar-refractivity contribution is 0.0525. The second-order valence-electron chi connectivity index (χ2n) is 4.73. The summed E-state index contributed by atoms with van der Waals surface area (Å²) in [4.78, 5) is 22.6. The van der Waals surface area contributed by atoms with E-state index < -0.39 is 5.97 Å². The van der Waals surface area contributed by atoms with Gasteiger partial charge >= 0.3 is 5.97 Å². The summed E-state index contributed by atoms with van der Waals surface area (Å²) in [6.07, 6.45) is 0.768. The number of aldehydes is 1. The molecule has 0 bridgehead atoms. The second-order valence-corrected chi connectivity index (χ2v) is 4.73. The maximum Gasteiger partial charge on any atom is 0.338 e. The van der Waals surface area contributed by atoms with Gasteiger partial charge in [-0.2, -0.15) is 0 Å². The third-order valence-electron chi connectivity index (χ3n) is 3.18. The van der Waals surface area contributed by atoms with Crippen molar-refractivity contribution in [1.29, 1.82) is 0 Å². The molecule has 0 amide bonds. The number of carbonyl (C=O) groups is 2. The van der Waals surface area contributed by atoms with Crippen LogP contribution in [-0.2, 0) is 11.3 Å². The number of esters is 1. The maximum absolute atomic E-state index is 11.7. The molecule has 2 aromatic carbocycles. The molecule has 0 heterocycles. The fraction of sp³-hybridized carbons (Fsp3) is 0.222. The molecule has 2 aromatic rings. The van der Waals surface area contributed by atoms with Gasteiger partial charge in [-0.3, -0.25) is 4.79 Å². The van der Waals surface area contributed by atoms with Crippen LogP contribution in [0.25, 0.3) is 0 Å². The molecular formula is C18H18O5. The number of hydrogen-bond donors (Lipinski definition) is 0. The van der Waals surface area contributed by atoms with Crippen molar-refractivity contribution in [2.24, 2.45) is 0 Å². The Labute approximate surface area is 134 Å². The zero-order valence-corrected chi connectivity index (χ0v) is 13.1. The minimum absolute atomic E-state index is 0.219. The van der Waals surface area contributed by atoms with E-state index in [9.17, 15) is 9.59 Å². The highest BCUT2D eigenvalue weighted by Crippen LogP contribution is 2.22. The largest absolute Gasteiger partial charge is 0.496 e. The second kappa shape index (κ2) is 7.98. The first-order valence-corrected chi connectivity index (χ1v) is 7.20. The van der Waals surface area contributed by atoms with Crippen LogP contribution in [0, 0.1) is 0 Å². The molecule has 23 heavy (non-hydrogen) atoms. The van der Waals surface area contributed by atoms with E-state index in [2.05, 4.69) is 0 Å². The van der Waals surface area contributed by atoms with Crippen molar-refractivity contribution in [1.82, 2.24) is 0 Å². The zero-order valence-electron chi connectivity index (χ0n) is 13.1. The van der Waals surface area contributed by atoms with Gasteiger partial charge in [-0.05, 0) is 43.3 Å². The Morgan fingerprint density at radius 1 is 1.17 bits per heavy atom. The Kier molecular flexibility index (Phi) is 5.74. The summed E-state index contributed by atoms with van der Waals surface area (Å²) >= 11 is 0. The van der Waals surface area contributed by atoms with Crippen molar-refractivity contribution in [3.05, 3.63) is 59.2 Å². The number of ether oxygens (including phenoxy) is 3.